The first-order chi connectivity index (χ1) is 8.67. The van der Waals surface area contributed by atoms with Gasteiger partial charge in [-0.05, 0) is 6.42 Å². The Kier molecular flexibility index (Phi) is 6.09. The number of hydrogen-bond donors (Lipinski definition) is 2. The van der Waals surface area contributed by atoms with Gasteiger partial charge in [-0.1, -0.05) is 13.3 Å². The molecule has 1 aromatic rings. The summed E-state index contributed by atoms with van der Waals surface area (Å²) in [6, 6.07) is 0. The van der Waals surface area contributed by atoms with E-state index in [0.717, 1.165) is 12.8 Å². The molecule has 0 aliphatic rings. The fourth-order valence-corrected chi connectivity index (χ4v) is 1.19. The zero-order valence-corrected chi connectivity index (χ0v) is 11.0. The van der Waals surface area contributed by atoms with Crippen molar-refractivity contribution < 1.29 is 9.57 Å². The molecular weight excluding hydrogens is 236 g/mol. The van der Waals surface area contributed by atoms with Crippen molar-refractivity contribution >= 4 is 17.8 Å². The summed E-state index contributed by atoms with van der Waals surface area (Å²) >= 11 is 0. The minimum Gasteiger partial charge on any atom is -0.368 e. The summed E-state index contributed by atoms with van der Waals surface area (Å²) < 4.78 is 5.46. The van der Waals surface area contributed by atoms with E-state index in [1.54, 1.807) is 4.90 Å². The Hall–Kier alpha value is -1.67. The first-order valence-corrected chi connectivity index (χ1v) is 5.76. The second kappa shape index (κ2) is 7.62. The molecule has 102 valence electrons. The van der Waals surface area contributed by atoms with Crippen molar-refractivity contribution in [1.82, 2.24) is 15.0 Å². The molecule has 0 saturated heterocycles. The van der Waals surface area contributed by atoms with Gasteiger partial charge in [0, 0.05) is 13.7 Å². The van der Waals surface area contributed by atoms with Gasteiger partial charge in [-0.3, -0.25) is 4.84 Å². The average molecular weight is 256 g/mol. The number of anilines is 3. The number of rotatable bonds is 8. The van der Waals surface area contributed by atoms with Crippen molar-refractivity contribution in [2.45, 2.75) is 19.8 Å². The smallest absolute Gasteiger partial charge is 0.253 e. The van der Waals surface area contributed by atoms with E-state index in [9.17, 15) is 0 Å². The first kappa shape index (κ1) is 14.4. The van der Waals surface area contributed by atoms with E-state index < -0.39 is 0 Å². The van der Waals surface area contributed by atoms with Crippen LogP contribution in [0.15, 0.2) is 0 Å². The zero-order valence-electron chi connectivity index (χ0n) is 11.0. The highest BCUT2D eigenvalue weighted by molar-refractivity contribution is 5.39. The molecular formula is C10H20N6O2. The Morgan fingerprint density at radius 2 is 2.11 bits per heavy atom. The standard InChI is InChI=1S/C10H20N6O2/c1-4-5-6-18-7-16(2)10-13-8(11)12-9(14-10)15-17-3/h4-7H2,1-3H3,(H3,11,12,13,14,15). The molecule has 18 heavy (non-hydrogen) atoms. The number of hydrogen-bond acceptors (Lipinski definition) is 8. The number of unbranched alkanes of at least 4 members (excludes halogenated alkanes) is 1. The summed E-state index contributed by atoms with van der Waals surface area (Å²) in [5.74, 6) is 0.818. The fourth-order valence-electron chi connectivity index (χ4n) is 1.19. The average Bonchev–Trinajstić information content (AvgIpc) is 2.34. The largest absolute Gasteiger partial charge is 0.368 e. The van der Waals surface area contributed by atoms with Gasteiger partial charge < -0.3 is 15.4 Å². The Morgan fingerprint density at radius 3 is 2.78 bits per heavy atom. The number of ether oxygens (including phenoxy) is 1. The predicted octanol–water partition coefficient (Wildman–Crippen LogP) is 0.637. The van der Waals surface area contributed by atoms with Crippen LogP contribution in [0.5, 0.6) is 0 Å². The van der Waals surface area contributed by atoms with Gasteiger partial charge in [-0.2, -0.15) is 15.0 Å². The van der Waals surface area contributed by atoms with Gasteiger partial charge in [0.05, 0.1) is 7.11 Å². The van der Waals surface area contributed by atoms with Crippen LogP contribution in [0.3, 0.4) is 0 Å². The van der Waals surface area contributed by atoms with Gasteiger partial charge in [0.25, 0.3) is 5.95 Å². The lowest BCUT2D eigenvalue weighted by Crippen LogP contribution is -2.24. The van der Waals surface area contributed by atoms with Crippen LogP contribution in [0.1, 0.15) is 19.8 Å². The first-order valence-electron chi connectivity index (χ1n) is 5.76. The topological polar surface area (TPSA) is 98.4 Å². The molecule has 0 aliphatic carbocycles. The highest BCUT2D eigenvalue weighted by atomic mass is 16.6. The molecule has 0 fully saturated rings. The third kappa shape index (κ3) is 4.68. The van der Waals surface area contributed by atoms with Gasteiger partial charge in [0.2, 0.25) is 11.9 Å². The van der Waals surface area contributed by atoms with Gasteiger partial charge in [-0.15, -0.1) is 0 Å². The molecule has 0 atom stereocenters. The highest BCUT2D eigenvalue weighted by Gasteiger charge is 2.08. The lowest BCUT2D eigenvalue weighted by Gasteiger charge is -2.17. The number of nitrogen functional groups attached to an aromatic ring is 1. The maximum absolute atomic E-state index is 5.58. The molecule has 0 bridgehead atoms. The molecule has 0 aromatic carbocycles. The molecule has 3 N–H and O–H groups in total. The Labute approximate surface area is 106 Å². The number of nitrogens with two attached hydrogens (primary N) is 1. The van der Waals surface area contributed by atoms with Crippen molar-refractivity contribution in [1.29, 1.82) is 0 Å². The van der Waals surface area contributed by atoms with Crippen molar-refractivity contribution in [3.05, 3.63) is 0 Å². The van der Waals surface area contributed by atoms with Crippen LogP contribution in [-0.2, 0) is 9.57 Å². The summed E-state index contributed by atoms with van der Waals surface area (Å²) in [4.78, 5) is 18.5. The molecule has 8 nitrogen and oxygen atoms in total. The molecule has 0 unspecified atom stereocenters. The molecule has 1 aromatic heterocycles. The predicted molar refractivity (Wildman–Crippen MR) is 69.0 cm³/mol. The van der Waals surface area contributed by atoms with Gasteiger partial charge in [0.1, 0.15) is 6.73 Å². The maximum Gasteiger partial charge on any atom is 0.253 e. The maximum atomic E-state index is 5.58. The molecule has 0 radical (unpaired) electrons. The quantitative estimate of drug-likeness (QED) is 0.397. The lowest BCUT2D eigenvalue weighted by atomic mass is 10.4. The SMILES string of the molecule is CCCCOCN(C)c1nc(N)nc(NOC)n1. The van der Waals surface area contributed by atoms with E-state index in [2.05, 4.69) is 27.4 Å². The van der Waals surface area contributed by atoms with Crippen LogP contribution in [0.25, 0.3) is 0 Å². The van der Waals surface area contributed by atoms with E-state index in [4.69, 9.17) is 15.3 Å². The molecule has 0 amide bonds. The Balaban J connectivity index is 2.58. The fraction of sp³-hybridized carbons (Fsp3) is 0.700. The third-order valence-corrected chi connectivity index (χ3v) is 2.10. The van der Waals surface area contributed by atoms with E-state index in [0.29, 0.717) is 19.3 Å². The Bertz CT molecular complexity index is 362. The second-order valence-corrected chi connectivity index (χ2v) is 3.71. The number of nitrogens with one attached hydrogen (secondary N) is 1. The molecule has 1 rings (SSSR count). The molecule has 1 heterocycles. The van der Waals surface area contributed by atoms with E-state index >= 15 is 0 Å². The molecule has 0 saturated carbocycles. The summed E-state index contributed by atoms with van der Waals surface area (Å²) in [6.45, 7) is 3.23. The number of nitrogens with zero attached hydrogens (tertiary/aromatic N) is 4. The zero-order chi connectivity index (χ0) is 13.4. The molecule has 8 heteroatoms. The minimum absolute atomic E-state index is 0.125. The summed E-state index contributed by atoms with van der Waals surface area (Å²) in [7, 11) is 3.29. The van der Waals surface area contributed by atoms with E-state index in [1.807, 2.05) is 7.05 Å². The van der Waals surface area contributed by atoms with Crippen molar-refractivity contribution in [3.63, 3.8) is 0 Å². The van der Waals surface area contributed by atoms with E-state index in [1.165, 1.54) is 7.11 Å². The monoisotopic (exact) mass is 256 g/mol. The van der Waals surface area contributed by atoms with Crippen LogP contribution in [0.2, 0.25) is 0 Å². The van der Waals surface area contributed by atoms with Crippen molar-refractivity contribution in [2.75, 3.05) is 43.6 Å². The third-order valence-electron chi connectivity index (χ3n) is 2.10. The van der Waals surface area contributed by atoms with Crippen molar-refractivity contribution in [3.8, 4) is 0 Å². The minimum atomic E-state index is 0.125. The Morgan fingerprint density at radius 1 is 1.33 bits per heavy atom. The molecule has 0 spiro atoms. The van der Waals surface area contributed by atoms with Crippen LogP contribution in [0.4, 0.5) is 17.8 Å². The van der Waals surface area contributed by atoms with Crippen LogP contribution >= 0.6 is 0 Å². The molecule has 0 aliphatic heterocycles. The van der Waals surface area contributed by atoms with Crippen molar-refractivity contribution in [2.24, 2.45) is 0 Å². The second-order valence-electron chi connectivity index (χ2n) is 3.71. The highest BCUT2D eigenvalue weighted by Crippen LogP contribution is 2.10. The summed E-state index contributed by atoms with van der Waals surface area (Å²) in [5, 5.41) is 0. The lowest BCUT2D eigenvalue weighted by molar-refractivity contribution is 0.133. The summed E-state index contributed by atoms with van der Waals surface area (Å²) in [6.07, 6.45) is 2.13. The summed E-state index contributed by atoms with van der Waals surface area (Å²) in [5.41, 5.74) is 8.09. The van der Waals surface area contributed by atoms with Gasteiger partial charge in [-0.25, -0.2) is 5.48 Å². The van der Waals surface area contributed by atoms with Crippen LogP contribution < -0.4 is 16.1 Å². The number of aromatic nitrogens is 3. The van der Waals surface area contributed by atoms with E-state index in [-0.39, 0.29) is 11.9 Å². The van der Waals surface area contributed by atoms with Gasteiger partial charge >= 0.3 is 0 Å². The van der Waals surface area contributed by atoms with Gasteiger partial charge in [0.15, 0.2) is 0 Å². The van der Waals surface area contributed by atoms with Crippen LogP contribution in [0, 0.1) is 0 Å². The normalized spacial score (nSPS) is 10.4. The van der Waals surface area contributed by atoms with Crippen LogP contribution in [-0.4, -0.2) is 42.4 Å².